The van der Waals surface area contributed by atoms with Crippen molar-refractivity contribution in [2.75, 3.05) is 13.7 Å². The molecule has 2 fully saturated rings. The molecule has 1 N–H and O–H groups in total. The lowest BCUT2D eigenvalue weighted by atomic mass is 9.88. The fourth-order valence-electron chi connectivity index (χ4n) is 3.81. The van der Waals surface area contributed by atoms with E-state index in [2.05, 4.69) is 12.2 Å². The Morgan fingerprint density at radius 2 is 2.05 bits per heavy atom. The van der Waals surface area contributed by atoms with Gasteiger partial charge in [0.25, 0.3) is 0 Å². The van der Waals surface area contributed by atoms with Crippen LogP contribution in [0.4, 0.5) is 4.39 Å². The summed E-state index contributed by atoms with van der Waals surface area (Å²) < 4.78 is 19.1. The van der Waals surface area contributed by atoms with E-state index < -0.39 is 0 Å². The third-order valence-corrected chi connectivity index (χ3v) is 4.89. The van der Waals surface area contributed by atoms with Gasteiger partial charge in [0, 0.05) is 11.6 Å². The van der Waals surface area contributed by atoms with E-state index in [0.29, 0.717) is 5.92 Å². The Morgan fingerprint density at radius 3 is 2.70 bits per heavy atom. The van der Waals surface area contributed by atoms with Crippen LogP contribution in [0.25, 0.3) is 0 Å². The van der Waals surface area contributed by atoms with E-state index in [1.807, 2.05) is 0 Å². The summed E-state index contributed by atoms with van der Waals surface area (Å²) in [4.78, 5) is 0. The highest BCUT2D eigenvalue weighted by Gasteiger charge is 2.48. The molecule has 2 aliphatic carbocycles. The van der Waals surface area contributed by atoms with Gasteiger partial charge in [-0.1, -0.05) is 6.92 Å². The van der Waals surface area contributed by atoms with Gasteiger partial charge in [-0.25, -0.2) is 4.39 Å². The second-order valence-corrected chi connectivity index (χ2v) is 6.31. The Morgan fingerprint density at radius 1 is 1.30 bits per heavy atom. The van der Waals surface area contributed by atoms with Gasteiger partial charge in [-0.05, 0) is 68.2 Å². The molecule has 0 spiro atoms. The average molecular weight is 277 g/mol. The van der Waals surface area contributed by atoms with Gasteiger partial charge in [0.1, 0.15) is 11.6 Å². The monoisotopic (exact) mass is 277 g/mol. The normalized spacial score (nSPS) is 29.1. The molecule has 110 valence electrons. The SMILES string of the molecule is CCCNC(c1cc(F)ccc1OC)C1CC2CC2C1. The molecule has 1 aromatic carbocycles. The molecule has 3 heteroatoms. The molecule has 2 aliphatic rings. The fourth-order valence-corrected chi connectivity index (χ4v) is 3.81. The smallest absolute Gasteiger partial charge is 0.123 e. The van der Waals surface area contributed by atoms with Crippen molar-refractivity contribution in [3.05, 3.63) is 29.6 Å². The Hall–Kier alpha value is -1.09. The summed E-state index contributed by atoms with van der Waals surface area (Å²) in [5.41, 5.74) is 0.993. The minimum atomic E-state index is -0.174. The predicted molar refractivity (Wildman–Crippen MR) is 78.3 cm³/mol. The van der Waals surface area contributed by atoms with E-state index in [9.17, 15) is 4.39 Å². The van der Waals surface area contributed by atoms with E-state index in [0.717, 1.165) is 36.1 Å². The zero-order valence-corrected chi connectivity index (χ0v) is 12.4. The molecule has 2 saturated carbocycles. The van der Waals surface area contributed by atoms with Crippen molar-refractivity contribution < 1.29 is 9.13 Å². The Bertz CT molecular complexity index is 466. The third-order valence-electron chi connectivity index (χ3n) is 4.89. The summed E-state index contributed by atoms with van der Waals surface area (Å²) in [6.07, 6.45) is 5.07. The molecule has 3 rings (SSSR count). The highest BCUT2D eigenvalue weighted by molar-refractivity contribution is 5.37. The van der Waals surface area contributed by atoms with Crippen LogP contribution in [0.1, 0.15) is 44.2 Å². The topological polar surface area (TPSA) is 21.3 Å². The van der Waals surface area contributed by atoms with Gasteiger partial charge in [0.05, 0.1) is 7.11 Å². The minimum absolute atomic E-state index is 0.174. The van der Waals surface area contributed by atoms with E-state index in [-0.39, 0.29) is 11.9 Å². The number of fused-ring (bicyclic) bond motifs is 1. The summed E-state index contributed by atoms with van der Waals surface area (Å²) >= 11 is 0. The molecule has 1 aromatic rings. The van der Waals surface area contributed by atoms with Gasteiger partial charge in [0.15, 0.2) is 0 Å². The Labute approximate surface area is 120 Å². The number of hydrogen-bond donors (Lipinski definition) is 1. The van der Waals surface area contributed by atoms with Gasteiger partial charge in [-0.2, -0.15) is 0 Å². The Balaban J connectivity index is 1.85. The molecule has 20 heavy (non-hydrogen) atoms. The van der Waals surface area contributed by atoms with Gasteiger partial charge >= 0.3 is 0 Å². The largest absolute Gasteiger partial charge is 0.496 e. The highest BCUT2D eigenvalue weighted by atomic mass is 19.1. The van der Waals surface area contributed by atoms with Gasteiger partial charge in [-0.15, -0.1) is 0 Å². The second-order valence-electron chi connectivity index (χ2n) is 6.31. The maximum Gasteiger partial charge on any atom is 0.123 e. The van der Waals surface area contributed by atoms with Crippen LogP contribution >= 0.6 is 0 Å². The summed E-state index contributed by atoms with van der Waals surface area (Å²) in [7, 11) is 1.67. The van der Waals surface area contributed by atoms with E-state index >= 15 is 0 Å². The first-order chi connectivity index (χ1) is 9.72. The molecule has 0 amide bonds. The lowest BCUT2D eigenvalue weighted by molar-refractivity contribution is 0.325. The zero-order valence-electron chi connectivity index (χ0n) is 12.4. The van der Waals surface area contributed by atoms with Crippen molar-refractivity contribution >= 4 is 0 Å². The van der Waals surface area contributed by atoms with Gasteiger partial charge in [0.2, 0.25) is 0 Å². The molecule has 0 radical (unpaired) electrons. The first-order valence-electron chi connectivity index (χ1n) is 7.79. The number of nitrogens with one attached hydrogen (secondary N) is 1. The van der Waals surface area contributed by atoms with Crippen LogP contribution in [-0.2, 0) is 0 Å². The van der Waals surface area contributed by atoms with Crippen molar-refractivity contribution in [1.29, 1.82) is 0 Å². The van der Waals surface area contributed by atoms with Crippen LogP contribution in [0.15, 0.2) is 18.2 Å². The standard InChI is InChI=1S/C17H24FNO/c1-3-6-19-17(13-8-11-7-12(11)9-13)15-10-14(18)4-5-16(15)20-2/h4-5,10-13,17,19H,3,6-9H2,1-2H3. The van der Waals surface area contributed by atoms with E-state index in [1.54, 1.807) is 19.2 Å². The molecular weight excluding hydrogens is 253 g/mol. The van der Waals surface area contributed by atoms with Crippen LogP contribution < -0.4 is 10.1 Å². The van der Waals surface area contributed by atoms with Crippen LogP contribution in [0.2, 0.25) is 0 Å². The third kappa shape index (κ3) is 2.69. The number of ether oxygens (including phenoxy) is 1. The summed E-state index contributed by atoms with van der Waals surface area (Å²) in [5.74, 6) is 3.13. The molecule has 2 nitrogen and oxygen atoms in total. The van der Waals surface area contributed by atoms with Crippen molar-refractivity contribution in [1.82, 2.24) is 5.32 Å². The van der Waals surface area contributed by atoms with E-state index in [1.165, 1.54) is 25.3 Å². The van der Waals surface area contributed by atoms with Crippen LogP contribution in [0.5, 0.6) is 5.75 Å². The van der Waals surface area contributed by atoms with Crippen molar-refractivity contribution in [3.63, 3.8) is 0 Å². The van der Waals surface area contributed by atoms with Gasteiger partial charge in [-0.3, -0.25) is 0 Å². The number of benzene rings is 1. The number of hydrogen-bond acceptors (Lipinski definition) is 2. The lowest BCUT2D eigenvalue weighted by Gasteiger charge is -2.28. The number of halogens is 1. The highest BCUT2D eigenvalue weighted by Crippen LogP contribution is 2.57. The van der Waals surface area contributed by atoms with Crippen molar-refractivity contribution in [2.45, 2.75) is 38.6 Å². The molecule has 0 aliphatic heterocycles. The molecule has 3 atom stereocenters. The zero-order chi connectivity index (χ0) is 14.1. The second kappa shape index (κ2) is 5.72. The quantitative estimate of drug-likeness (QED) is 0.851. The van der Waals surface area contributed by atoms with Crippen molar-refractivity contribution in [3.8, 4) is 5.75 Å². The molecule has 0 bridgehead atoms. The summed E-state index contributed by atoms with van der Waals surface area (Å²) in [5, 5.41) is 3.62. The lowest BCUT2D eigenvalue weighted by Crippen LogP contribution is -2.29. The molecule has 0 aromatic heterocycles. The van der Waals surface area contributed by atoms with E-state index in [4.69, 9.17) is 4.74 Å². The maximum absolute atomic E-state index is 13.7. The van der Waals surface area contributed by atoms with Crippen LogP contribution in [0, 0.1) is 23.6 Å². The van der Waals surface area contributed by atoms with Crippen LogP contribution in [0.3, 0.4) is 0 Å². The molecule has 0 saturated heterocycles. The predicted octanol–water partition coefficient (Wildman–Crippen LogP) is 3.92. The first kappa shape index (κ1) is 13.9. The Kier molecular flexibility index (Phi) is 3.97. The van der Waals surface area contributed by atoms with Gasteiger partial charge < -0.3 is 10.1 Å². The average Bonchev–Trinajstić information content (AvgIpc) is 3.06. The number of methoxy groups -OCH3 is 1. The minimum Gasteiger partial charge on any atom is -0.496 e. The first-order valence-corrected chi connectivity index (χ1v) is 7.79. The molecule has 0 heterocycles. The molecule has 3 unspecified atom stereocenters. The summed E-state index contributed by atoms with van der Waals surface area (Å²) in [6, 6.07) is 5.11. The van der Waals surface area contributed by atoms with Crippen molar-refractivity contribution in [2.24, 2.45) is 17.8 Å². The molecular formula is C17H24FNO. The van der Waals surface area contributed by atoms with Crippen LogP contribution in [-0.4, -0.2) is 13.7 Å². The fraction of sp³-hybridized carbons (Fsp3) is 0.647. The number of rotatable bonds is 6. The summed E-state index contributed by atoms with van der Waals surface area (Å²) in [6.45, 7) is 3.13. The maximum atomic E-state index is 13.7.